The first-order valence-electron chi connectivity index (χ1n) is 3.84. The Morgan fingerprint density at radius 1 is 1.36 bits per heavy atom. The zero-order valence-corrected chi connectivity index (χ0v) is 8.64. The van der Waals surface area contributed by atoms with E-state index in [1.54, 1.807) is 18.3 Å². The molecule has 0 aliphatic heterocycles. The largest absolute Gasteiger partial charge is 0.484 e. The third-order valence-corrected chi connectivity index (χ3v) is 1.94. The predicted octanol–water partition coefficient (Wildman–Crippen LogP) is 1.81. The summed E-state index contributed by atoms with van der Waals surface area (Å²) in [4.78, 5) is 7.82. The van der Waals surface area contributed by atoms with Gasteiger partial charge in [-0.2, -0.15) is 4.98 Å². The smallest absolute Gasteiger partial charge is 0.213 e. The van der Waals surface area contributed by atoms with Gasteiger partial charge in [0.05, 0.1) is 6.20 Å². The van der Waals surface area contributed by atoms with Crippen LogP contribution in [-0.2, 0) is 6.61 Å². The van der Waals surface area contributed by atoms with Gasteiger partial charge in [-0.3, -0.25) is 0 Å². The van der Waals surface area contributed by atoms with Gasteiger partial charge in [0.1, 0.15) is 10.4 Å². The average molecular weight is 256 g/mol. The summed E-state index contributed by atoms with van der Waals surface area (Å²) in [6.07, 6.45) is 2.88. The number of rotatable bonds is 3. The van der Waals surface area contributed by atoms with Crippen LogP contribution in [0.2, 0.25) is 0 Å². The first-order valence-corrected chi connectivity index (χ1v) is 4.63. The highest BCUT2D eigenvalue weighted by Crippen LogP contribution is 2.13. The minimum atomic E-state index is 0.278. The third kappa shape index (κ3) is 2.29. The molecule has 2 aromatic rings. The van der Waals surface area contributed by atoms with Crippen LogP contribution in [0.15, 0.2) is 33.8 Å². The van der Waals surface area contributed by atoms with Crippen molar-refractivity contribution in [1.29, 1.82) is 0 Å². The third-order valence-electron chi connectivity index (χ3n) is 1.48. The fraction of sp³-hybridized carbons (Fsp3) is 0.125. The van der Waals surface area contributed by atoms with E-state index in [4.69, 9.17) is 4.74 Å². The molecule has 2 aromatic heterocycles. The zero-order valence-electron chi connectivity index (χ0n) is 7.05. The lowest BCUT2D eigenvalue weighted by Gasteiger charge is -2.01. The zero-order chi connectivity index (χ0) is 9.80. The van der Waals surface area contributed by atoms with Crippen molar-refractivity contribution < 1.29 is 9.26 Å². The molecule has 0 bridgehead atoms. The number of ether oxygens (including phenoxy) is 1. The summed E-state index contributed by atoms with van der Waals surface area (Å²) in [5.41, 5.74) is 0. The van der Waals surface area contributed by atoms with Crippen LogP contribution in [-0.4, -0.2) is 15.1 Å². The Labute approximate surface area is 88.2 Å². The van der Waals surface area contributed by atoms with E-state index in [2.05, 4.69) is 35.6 Å². The van der Waals surface area contributed by atoms with Gasteiger partial charge in [-0.25, -0.2) is 4.98 Å². The molecular weight excluding hydrogens is 250 g/mol. The molecule has 0 aromatic carbocycles. The van der Waals surface area contributed by atoms with Crippen molar-refractivity contribution in [2.45, 2.75) is 6.61 Å². The first kappa shape index (κ1) is 9.14. The van der Waals surface area contributed by atoms with E-state index in [1.807, 2.05) is 0 Å². The molecule has 0 aliphatic carbocycles. The highest BCUT2D eigenvalue weighted by Gasteiger charge is 1.99. The van der Waals surface area contributed by atoms with Crippen molar-refractivity contribution in [3.8, 4) is 5.75 Å². The molecule has 0 unspecified atom stereocenters. The molecule has 2 rings (SSSR count). The van der Waals surface area contributed by atoms with Crippen molar-refractivity contribution in [3.05, 3.63) is 35.2 Å². The Bertz CT molecular complexity index is 387. The Kier molecular flexibility index (Phi) is 2.73. The fourth-order valence-electron chi connectivity index (χ4n) is 0.852. The predicted molar refractivity (Wildman–Crippen MR) is 50.6 cm³/mol. The number of halogens is 1. The van der Waals surface area contributed by atoms with Crippen LogP contribution in [0.5, 0.6) is 5.75 Å². The molecule has 0 saturated carbocycles. The maximum Gasteiger partial charge on any atom is 0.213 e. The minimum Gasteiger partial charge on any atom is -0.484 e. The van der Waals surface area contributed by atoms with Gasteiger partial charge >= 0.3 is 0 Å². The first-order chi connectivity index (χ1) is 6.84. The summed E-state index contributed by atoms with van der Waals surface area (Å²) in [5.74, 6) is 1.17. The normalized spacial score (nSPS) is 10.1. The van der Waals surface area contributed by atoms with Crippen molar-refractivity contribution in [2.75, 3.05) is 0 Å². The molecule has 0 radical (unpaired) electrons. The van der Waals surface area contributed by atoms with E-state index in [1.165, 1.54) is 6.39 Å². The maximum absolute atomic E-state index is 5.34. The van der Waals surface area contributed by atoms with E-state index in [0.717, 1.165) is 4.60 Å². The molecule has 0 aliphatic rings. The Hall–Kier alpha value is -1.43. The summed E-state index contributed by atoms with van der Waals surface area (Å²) in [7, 11) is 0. The monoisotopic (exact) mass is 255 g/mol. The van der Waals surface area contributed by atoms with Gasteiger partial charge in [-0.05, 0) is 28.1 Å². The van der Waals surface area contributed by atoms with Crippen LogP contribution in [0.3, 0.4) is 0 Å². The van der Waals surface area contributed by atoms with Crippen molar-refractivity contribution in [3.63, 3.8) is 0 Å². The van der Waals surface area contributed by atoms with E-state index in [0.29, 0.717) is 11.6 Å². The second kappa shape index (κ2) is 4.19. The van der Waals surface area contributed by atoms with Crippen LogP contribution in [0.4, 0.5) is 0 Å². The van der Waals surface area contributed by atoms with Crippen molar-refractivity contribution >= 4 is 15.9 Å². The Morgan fingerprint density at radius 2 is 2.29 bits per heavy atom. The van der Waals surface area contributed by atoms with Gasteiger partial charge in [0, 0.05) is 0 Å². The fourth-order valence-corrected chi connectivity index (χ4v) is 1.09. The van der Waals surface area contributed by atoms with Crippen LogP contribution in [0, 0.1) is 0 Å². The number of hydrogen-bond donors (Lipinski definition) is 0. The molecule has 6 heteroatoms. The van der Waals surface area contributed by atoms with E-state index in [-0.39, 0.29) is 6.61 Å². The molecule has 0 N–H and O–H groups in total. The molecule has 0 spiro atoms. The van der Waals surface area contributed by atoms with Crippen molar-refractivity contribution in [1.82, 2.24) is 15.1 Å². The lowest BCUT2D eigenvalue weighted by Crippen LogP contribution is -1.97. The number of hydrogen-bond acceptors (Lipinski definition) is 5. The van der Waals surface area contributed by atoms with E-state index < -0.39 is 0 Å². The van der Waals surface area contributed by atoms with Crippen LogP contribution in [0.25, 0.3) is 0 Å². The highest BCUT2D eigenvalue weighted by molar-refractivity contribution is 9.10. The second-order valence-electron chi connectivity index (χ2n) is 2.45. The summed E-state index contributed by atoms with van der Waals surface area (Å²) in [5, 5.41) is 3.61. The molecular formula is C8H6BrN3O2. The van der Waals surface area contributed by atoms with Gasteiger partial charge in [0.15, 0.2) is 6.61 Å². The summed E-state index contributed by atoms with van der Waals surface area (Å²) in [6, 6.07) is 3.60. The van der Waals surface area contributed by atoms with Gasteiger partial charge in [0.2, 0.25) is 12.2 Å². The van der Waals surface area contributed by atoms with Gasteiger partial charge in [0.25, 0.3) is 0 Å². The van der Waals surface area contributed by atoms with Gasteiger partial charge in [-0.1, -0.05) is 5.16 Å². The quantitative estimate of drug-likeness (QED) is 0.783. The number of aromatic nitrogens is 3. The maximum atomic E-state index is 5.34. The summed E-state index contributed by atoms with van der Waals surface area (Å²) >= 11 is 3.23. The second-order valence-corrected chi connectivity index (χ2v) is 3.27. The van der Waals surface area contributed by atoms with Crippen LogP contribution in [0.1, 0.15) is 5.82 Å². The number of nitrogens with zero attached hydrogens (tertiary/aromatic N) is 3. The average Bonchev–Trinajstić information content (AvgIpc) is 2.70. The molecule has 14 heavy (non-hydrogen) atoms. The molecule has 0 atom stereocenters. The number of pyridine rings is 1. The standard InChI is InChI=1S/C8H6BrN3O2/c9-7-2-1-6(3-10-7)13-4-8-11-5-14-12-8/h1-3,5H,4H2. The topological polar surface area (TPSA) is 61.0 Å². The van der Waals surface area contributed by atoms with Gasteiger partial charge in [-0.15, -0.1) is 0 Å². The molecule has 0 fully saturated rings. The van der Waals surface area contributed by atoms with E-state index >= 15 is 0 Å². The Morgan fingerprint density at radius 3 is 2.93 bits per heavy atom. The van der Waals surface area contributed by atoms with Crippen LogP contribution >= 0.6 is 15.9 Å². The summed E-state index contributed by atoms with van der Waals surface area (Å²) in [6.45, 7) is 0.278. The van der Waals surface area contributed by atoms with Crippen LogP contribution < -0.4 is 4.74 Å². The minimum absolute atomic E-state index is 0.278. The molecule has 2 heterocycles. The molecule has 0 saturated heterocycles. The molecule has 72 valence electrons. The van der Waals surface area contributed by atoms with E-state index in [9.17, 15) is 0 Å². The lowest BCUT2D eigenvalue weighted by molar-refractivity contribution is 0.285. The molecule has 0 amide bonds. The summed E-state index contributed by atoms with van der Waals surface area (Å²) < 4.78 is 10.7. The molecule has 5 nitrogen and oxygen atoms in total. The Balaban J connectivity index is 1.95. The SMILES string of the molecule is Brc1ccc(OCc2ncon2)cn1. The van der Waals surface area contributed by atoms with Crippen molar-refractivity contribution in [2.24, 2.45) is 0 Å². The van der Waals surface area contributed by atoms with Gasteiger partial charge < -0.3 is 9.26 Å². The highest BCUT2D eigenvalue weighted by atomic mass is 79.9. The lowest BCUT2D eigenvalue weighted by atomic mass is 10.5.